The summed E-state index contributed by atoms with van der Waals surface area (Å²) in [6, 6.07) is 15.5. The molecule has 1 saturated heterocycles. The Balaban J connectivity index is 1.58. The highest BCUT2D eigenvalue weighted by Gasteiger charge is 2.16. The SMILES string of the molecule is CC(=O)CC(C)Cc1ccc(C#Cc2cccc(C(=O)NCC3CCCO3)c2)cc1. The van der Waals surface area contributed by atoms with E-state index >= 15 is 0 Å². The first-order valence-corrected chi connectivity index (χ1v) is 10.6. The number of carbonyl (C=O) groups excluding carboxylic acids is 2. The minimum Gasteiger partial charge on any atom is -0.376 e. The summed E-state index contributed by atoms with van der Waals surface area (Å²) >= 11 is 0. The summed E-state index contributed by atoms with van der Waals surface area (Å²) < 4.78 is 5.54. The molecule has 0 radical (unpaired) electrons. The third-order valence-corrected chi connectivity index (χ3v) is 5.16. The molecule has 0 spiro atoms. The zero-order valence-electron chi connectivity index (χ0n) is 17.7. The fourth-order valence-corrected chi connectivity index (χ4v) is 3.69. The standard InChI is InChI=1S/C26H29NO3/c1-19(15-20(2)28)16-23-12-9-21(10-13-23)8-11-22-5-3-6-24(17-22)26(29)27-18-25-7-4-14-30-25/h3,5-6,9-10,12-13,17,19,25H,4,7,14-16,18H2,1-2H3,(H,27,29). The highest BCUT2D eigenvalue weighted by molar-refractivity contribution is 5.94. The van der Waals surface area contributed by atoms with Gasteiger partial charge in [0.2, 0.25) is 0 Å². The van der Waals surface area contributed by atoms with Crippen molar-refractivity contribution in [2.45, 2.75) is 45.6 Å². The maximum absolute atomic E-state index is 12.4. The molecule has 1 fully saturated rings. The Hall–Kier alpha value is -2.90. The fourth-order valence-electron chi connectivity index (χ4n) is 3.69. The summed E-state index contributed by atoms with van der Waals surface area (Å²) in [6.45, 7) is 5.06. The van der Waals surface area contributed by atoms with E-state index in [0.717, 1.165) is 37.0 Å². The van der Waals surface area contributed by atoms with Gasteiger partial charge >= 0.3 is 0 Å². The Morgan fingerprint density at radius 1 is 1.13 bits per heavy atom. The third-order valence-electron chi connectivity index (χ3n) is 5.16. The Kier molecular flexibility index (Phi) is 7.82. The smallest absolute Gasteiger partial charge is 0.251 e. The van der Waals surface area contributed by atoms with Crippen molar-refractivity contribution >= 4 is 11.7 Å². The van der Waals surface area contributed by atoms with Crippen LogP contribution in [0.2, 0.25) is 0 Å². The van der Waals surface area contributed by atoms with E-state index in [1.807, 2.05) is 30.3 Å². The van der Waals surface area contributed by atoms with Crippen molar-refractivity contribution < 1.29 is 14.3 Å². The molecule has 0 bridgehead atoms. The molecule has 1 amide bonds. The average Bonchev–Trinajstić information content (AvgIpc) is 3.25. The van der Waals surface area contributed by atoms with Crippen LogP contribution in [0.25, 0.3) is 0 Å². The van der Waals surface area contributed by atoms with Gasteiger partial charge in [0.25, 0.3) is 5.91 Å². The number of rotatable bonds is 7. The number of ether oxygens (including phenoxy) is 1. The lowest BCUT2D eigenvalue weighted by Gasteiger charge is -2.10. The molecule has 0 aromatic heterocycles. The summed E-state index contributed by atoms with van der Waals surface area (Å²) in [5, 5.41) is 2.94. The monoisotopic (exact) mass is 403 g/mol. The van der Waals surface area contributed by atoms with Crippen LogP contribution in [0.15, 0.2) is 48.5 Å². The first kappa shape index (κ1) is 21.8. The molecular weight excluding hydrogens is 374 g/mol. The number of amides is 1. The highest BCUT2D eigenvalue weighted by Crippen LogP contribution is 2.14. The van der Waals surface area contributed by atoms with Crippen LogP contribution in [0.4, 0.5) is 0 Å². The van der Waals surface area contributed by atoms with Crippen LogP contribution in [0.3, 0.4) is 0 Å². The van der Waals surface area contributed by atoms with Gasteiger partial charge in [0.15, 0.2) is 0 Å². The summed E-state index contributed by atoms with van der Waals surface area (Å²) in [5.41, 5.74) is 3.54. The molecule has 2 aromatic rings. The van der Waals surface area contributed by atoms with E-state index in [-0.39, 0.29) is 17.8 Å². The first-order valence-electron chi connectivity index (χ1n) is 10.6. The number of hydrogen-bond donors (Lipinski definition) is 1. The second-order valence-electron chi connectivity index (χ2n) is 8.09. The molecule has 2 unspecified atom stereocenters. The third kappa shape index (κ3) is 6.86. The number of benzene rings is 2. The lowest BCUT2D eigenvalue weighted by molar-refractivity contribution is -0.117. The van der Waals surface area contributed by atoms with Gasteiger partial charge in [-0.3, -0.25) is 4.79 Å². The van der Waals surface area contributed by atoms with E-state index in [9.17, 15) is 9.59 Å². The first-order chi connectivity index (χ1) is 14.5. The Labute approximate surface area is 179 Å². The number of ketones is 1. The second kappa shape index (κ2) is 10.8. The molecule has 3 rings (SSSR count). The van der Waals surface area contributed by atoms with Crippen molar-refractivity contribution in [3.05, 3.63) is 70.8 Å². The normalized spacial score (nSPS) is 16.4. The topological polar surface area (TPSA) is 55.4 Å². The summed E-state index contributed by atoms with van der Waals surface area (Å²) in [5.74, 6) is 6.77. The van der Waals surface area contributed by atoms with Gasteiger partial charge in [0.05, 0.1) is 6.10 Å². The largest absolute Gasteiger partial charge is 0.376 e. The molecule has 2 aromatic carbocycles. The van der Waals surface area contributed by atoms with E-state index in [0.29, 0.717) is 24.4 Å². The van der Waals surface area contributed by atoms with Gasteiger partial charge in [-0.2, -0.15) is 0 Å². The van der Waals surface area contributed by atoms with Crippen molar-refractivity contribution in [2.24, 2.45) is 5.92 Å². The van der Waals surface area contributed by atoms with Crippen LogP contribution in [0.5, 0.6) is 0 Å². The summed E-state index contributed by atoms with van der Waals surface area (Å²) in [7, 11) is 0. The predicted octanol–water partition coefficient (Wildman–Crippen LogP) is 4.15. The highest BCUT2D eigenvalue weighted by atomic mass is 16.5. The fraction of sp³-hybridized carbons (Fsp3) is 0.385. The lowest BCUT2D eigenvalue weighted by atomic mass is 9.96. The maximum Gasteiger partial charge on any atom is 0.251 e. The van der Waals surface area contributed by atoms with E-state index in [1.54, 1.807) is 13.0 Å². The quantitative estimate of drug-likeness (QED) is 0.707. The molecule has 2 atom stereocenters. The van der Waals surface area contributed by atoms with Gasteiger partial charge in [-0.05, 0) is 68.0 Å². The molecule has 4 heteroatoms. The Bertz CT molecular complexity index is 931. The van der Waals surface area contributed by atoms with Crippen LogP contribution < -0.4 is 5.32 Å². The zero-order chi connectivity index (χ0) is 21.3. The predicted molar refractivity (Wildman–Crippen MR) is 118 cm³/mol. The van der Waals surface area contributed by atoms with Gasteiger partial charge in [0, 0.05) is 36.3 Å². The van der Waals surface area contributed by atoms with E-state index < -0.39 is 0 Å². The molecule has 1 aliphatic rings. The second-order valence-corrected chi connectivity index (χ2v) is 8.09. The molecular formula is C26H29NO3. The van der Waals surface area contributed by atoms with Crippen LogP contribution in [-0.2, 0) is 16.0 Å². The van der Waals surface area contributed by atoms with E-state index in [1.165, 1.54) is 5.56 Å². The van der Waals surface area contributed by atoms with Crippen molar-refractivity contribution in [2.75, 3.05) is 13.2 Å². The number of Topliss-reactive ketones (excluding diaryl/α,β-unsaturated/α-hetero) is 1. The number of nitrogens with one attached hydrogen (secondary N) is 1. The zero-order valence-corrected chi connectivity index (χ0v) is 17.7. The van der Waals surface area contributed by atoms with Crippen molar-refractivity contribution in [1.29, 1.82) is 0 Å². The lowest BCUT2D eigenvalue weighted by Crippen LogP contribution is -2.31. The molecule has 156 valence electrons. The van der Waals surface area contributed by atoms with Crippen LogP contribution in [0, 0.1) is 17.8 Å². The van der Waals surface area contributed by atoms with Gasteiger partial charge in [-0.15, -0.1) is 0 Å². The number of hydrogen-bond acceptors (Lipinski definition) is 3. The van der Waals surface area contributed by atoms with E-state index in [4.69, 9.17) is 4.74 Å². The summed E-state index contributed by atoms with van der Waals surface area (Å²) in [6.07, 6.45) is 3.69. The Morgan fingerprint density at radius 3 is 2.60 bits per heavy atom. The summed E-state index contributed by atoms with van der Waals surface area (Å²) in [4.78, 5) is 23.6. The maximum atomic E-state index is 12.4. The number of carbonyl (C=O) groups is 2. The van der Waals surface area contributed by atoms with Gasteiger partial charge in [-0.25, -0.2) is 0 Å². The van der Waals surface area contributed by atoms with Gasteiger partial charge in [0.1, 0.15) is 5.78 Å². The van der Waals surface area contributed by atoms with E-state index in [2.05, 4.69) is 36.2 Å². The molecule has 0 aliphatic carbocycles. The Morgan fingerprint density at radius 2 is 1.90 bits per heavy atom. The van der Waals surface area contributed by atoms with Crippen LogP contribution >= 0.6 is 0 Å². The minimum absolute atomic E-state index is 0.0989. The molecule has 1 heterocycles. The minimum atomic E-state index is -0.0989. The molecule has 0 saturated carbocycles. The van der Waals surface area contributed by atoms with Crippen molar-refractivity contribution in [1.82, 2.24) is 5.32 Å². The van der Waals surface area contributed by atoms with Gasteiger partial charge < -0.3 is 14.8 Å². The average molecular weight is 404 g/mol. The van der Waals surface area contributed by atoms with Crippen LogP contribution in [-0.4, -0.2) is 30.9 Å². The molecule has 1 N–H and O–H groups in total. The van der Waals surface area contributed by atoms with Gasteiger partial charge in [-0.1, -0.05) is 37.0 Å². The molecule has 30 heavy (non-hydrogen) atoms. The molecule has 1 aliphatic heterocycles. The molecule has 4 nitrogen and oxygen atoms in total. The van der Waals surface area contributed by atoms with Crippen molar-refractivity contribution in [3.8, 4) is 11.8 Å². The van der Waals surface area contributed by atoms with Crippen LogP contribution in [0.1, 0.15) is 60.2 Å². The van der Waals surface area contributed by atoms with Crippen molar-refractivity contribution in [3.63, 3.8) is 0 Å².